The van der Waals surface area contributed by atoms with Crippen LogP contribution in [0.25, 0.3) is 0 Å². The van der Waals surface area contributed by atoms with Gasteiger partial charge in [-0.25, -0.2) is 0 Å². The number of carbonyl (C=O) groups excluding carboxylic acids is 2. The zero-order chi connectivity index (χ0) is 21.9. The van der Waals surface area contributed by atoms with Crippen molar-refractivity contribution in [2.75, 3.05) is 30.1 Å². The molecule has 1 aliphatic heterocycles. The van der Waals surface area contributed by atoms with Crippen LogP contribution in [0.1, 0.15) is 12.0 Å². The third kappa shape index (κ3) is 5.14. The van der Waals surface area contributed by atoms with Gasteiger partial charge in [-0.1, -0.05) is 24.3 Å². The number of fused-ring (bicyclic) bond motifs is 1. The zero-order valence-electron chi connectivity index (χ0n) is 16.6. The first-order valence-electron chi connectivity index (χ1n) is 9.28. The van der Waals surface area contributed by atoms with Gasteiger partial charge >= 0.3 is 6.18 Å². The maximum absolute atomic E-state index is 13.8. The minimum Gasteiger partial charge on any atom is -0.324 e. The third-order valence-corrected chi connectivity index (χ3v) is 5.53. The first kappa shape index (κ1) is 22.2. The summed E-state index contributed by atoms with van der Waals surface area (Å²) >= 11 is 1.61. The van der Waals surface area contributed by atoms with E-state index in [4.69, 9.17) is 0 Å². The Hall–Kier alpha value is -2.52. The molecule has 0 aromatic heterocycles. The van der Waals surface area contributed by atoms with Gasteiger partial charge in [0.25, 0.3) is 0 Å². The lowest BCUT2D eigenvalue weighted by Gasteiger charge is -2.33. The Kier molecular flexibility index (Phi) is 6.72. The lowest BCUT2D eigenvalue weighted by atomic mass is 10.1. The Morgan fingerprint density at radius 3 is 2.50 bits per heavy atom. The Balaban J connectivity index is 1.84. The highest BCUT2D eigenvalue weighted by Crippen LogP contribution is 2.37. The monoisotopic (exact) mass is 437 g/mol. The minimum atomic E-state index is -4.74. The smallest absolute Gasteiger partial charge is 0.324 e. The number of hydrogen-bond donors (Lipinski definition) is 1. The van der Waals surface area contributed by atoms with E-state index in [-0.39, 0.29) is 17.9 Å². The molecule has 3 rings (SSSR count). The molecule has 9 heteroatoms. The van der Waals surface area contributed by atoms with Crippen molar-refractivity contribution in [2.24, 2.45) is 0 Å². The van der Waals surface area contributed by atoms with Crippen LogP contribution in [-0.4, -0.2) is 48.8 Å². The topological polar surface area (TPSA) is 52.7 Å². The number of nitrogens with zero attached hydrogens (tertiary/aromatic N) is 2. The fourth-order valence-corrected chi connectivity index (χ4v) is 3.81. The molecule has 1 unspecified atom stereocenters. The van der Waals surface area contributed by atoms with Crippen LogP contribution >= 0.6 is 11.8 Å². The fourth-order valence-electron chi connectivity index (χ4n) is 3.40. The summed E-state index contributed by atoms with van der Waals surface area (Å²) in [5.41, 5.74) is 1.19. The molecule has 2 amide bonds. The van der Waals surface area contributed by atoms with E-state index in [0.717, 1.165) is 10.5 Å². The van der Waals surface area contributed by atoms with Crippen molar-refractivity contribution in [3.05, 3.63) is 54.1 Å². The van der Waals surface area contributed by atoms with Crippen LogP contribution in [0.15, 0.2) is 53.4 Å². The van der Waals surface area contributed by atoms with Crippen LogP contribution < -0.4 is 10.2 Å². The summed E-state index contributed by atoms with van der Waals surface area (Å²) in [7, 11) is 1.68. The second-order valence-electron chi connectivity index (χ2n) is 7.11. The van der Waals surface area contributed by atoms with Crippen molar-refractivity contribution in [1.82, 2.24) is 4.90 Å². The molecule has 0 saturated carbocycles. The van der Waals surface area contributed by atoms with Crippen molar-refractivity contribution < 1.29 is 22.8 Å². The normalized spacial score (nSPS) is 16.8. The first-order chi connectivity index (χ1) is 14.2. The number of likely N-dealkylation sites (N-methyl/N-ethyl adjacent to an activating group) is 1. The van der Waals surface area contributed by atoms with Crippen LogP contribution in [0.5, 0.6) is 0 Å². The summed E-state index contributed by atoms with van der Waals surface area (Å²) in [6.45, 7) is 0.184. The second-order valence-corrected chi connectivity index (χ2v) is 7.99. The van der Waals surface area contributed by atoms with E-state index in [9.17, 15) is 22.8 Å². The summed E-state index contributed by atoms with van der Waals surface area (Å²) < 4.78 is 41.3. The second kappa shape index (κ2) is 9.09. The maximum atomic E-state index is 13.8. The van der Waals surface area contributed by atoms with Crippen LogP contribution in [0.3, 0.4) is 0 Å². The number of halogens is 3. The van der Waals surface area contributed by atoms with Gasteiger partial charge in [0.2, 0.25) is 11.8 Å². The Bertz CT molecular complexity index is 918. The van der Waals surface area contributed by atoms with Gasteiger partial charge in [0.1, 0.15) is 6.04 Å². The van der Waals surface area contributed by atoms with Crippen LogP contribution in [0, 0.1) is 0 Å². The Morgan fingerprint density at radius 2 is 1.87 bits per heavy atom. The minimum absolute atomic E-state index is 0.0494. The molecule has 0 saturated heterocycles. The number of alkyl halides is 3. The predicted octanol–water partition coefficient (Wildman–Crippen LogP) is 4.15. The quantitative estimate of drug-likeness (QED) is 0.715. The SMILES string of the molecule is CSc1ccc(CN(C)CC(=O)N2c3ccccc3NC(=O)CC2C(F)(F)F)cc1. The largest absolute Gasteiger partial charge is 0.409 e. The summed E-state index contributed by atoms with van der Waals surface area (Å²) in [6.07, 6.45) is -3.62. The van der Waals surface area contributed by atoms with Gasteiger partial charge in [-0.15, -0.1) is 11.8 Å². The molecule has 1 N–H and O–H groups in total. The standard InChI is InChI=1S/C21H22F3N3O2S/c1-26(12-14-7-9-15(30-2)10-8-14)13-20(29)27-17-6-4-3-5-16(17)25-19(28)11-18(27)21(22,23)24/h3-10,18H,11-13H2,1-2H3,(H,25,28). The van der Waals surface area contributed by atoms with Gasteiger partial charge in [-0.3, -0.25) is 19.4 Å². The predicted molar refractivity (Wildman–Crippen MR) is 112 cm³/mol. The molecule has 1 heterocycles. The Morgan fingerprint density at radius 1 is 1.20 bits per heavy atom. The molecule has 1 aliphatic rings. The highest BCUT2D eigenvalue weighted by atomic mass is 32.2. The number of benzene rings is 2. The average Bonchev–Trinajstić information content (AvgIpc) is 2.84. The van der Waals surface area contributed by atoms with E-state index >= 15 is 0 Å². The molecule has 0 aliphatic carbocycles. The first-order valence-corrected chi connectivity index (χ1v) is 10.5. The molecule has 2 aromatic rings. The van der Waals surface area contributed by atoms with E-state index < -0.39 is 30.5 Å². The molecule has 0 spiro atoms. The lowest BCUT2D eigenvalue weighted by molar-refractivity contribution is -0.158. The molecular weight excluding hydrogens is 415 g/mol. The van der Waals surface area contributed by atoms with Crippen LogP contribution in [-0.2, 0) is 16.1 Å². The van der Waals surface area contributed by atoms with Crippen molar-refractivity contribution in [2.45, 2.75) is 30.1 Å². The number of carbonyl (C=O) groups is 2. The highest BCUT2D eigenvalue weighted by Gasteiger charge is 2.49. The van der Waals surface area contributed by atoms with Gasteiger partial charge in [0.15, 0.2) is 0 Å². The van der Waals surface area contributed by atoms with Crippen molar-refractivity contribution >= 4 is 35.0 Å². The molecule has 2 aromatic carbocycles. The number of hydrogen-bond acceptors (Lipinski definition) is 4. The van der Waals surface area contributed by atoms with Gasteiger partial charge in [0, 0.05) is 11.4 Å². The van der Waals surface area contributed by atoms with E-state index in [1.54, 1.807) is 35.8 Å². The summed E-state index contributed by atoms with van der Waals surface area (Å²) in [5, 5.41) is 2.46. The number of amides is 2. The summed E-state index contributed by atoms with van der Waals surface area (Å²) in [4.78, 5) is 28.5. The molecule has 0 bridgehead atoms. The van der Waals surface area contributed by atoms with Crippen LogP contribution in [0.2, 0.25) is 0 Å². The van der Waals surface area contributed by atoms with Gasteiger partial charge in [0.05, 0.1) is 24.3 Å². The average molecular weight is 437 g/mol. The molecule has 0 radical (unpaired) electrons. The van der Waals surface area contributed by atoms with Crippen molar-refractivity contribution in [1.29, 1.82) is 0 Å². The summed E-state index contributed by atoms with van der Waals surface area (Å²) in [5.74, 6) is -1.49. The number of nitrogens with one attached hydrogen (secondary N) is 1. The molecule has 1 atom stereocenters. The lowest BCUT2D eigenvalue weighted by Crippen LogP contribution is -2.52. The molecule has 0 fully saturated rings. The van der Waals surface area contributed by atoms with Gasteiger partial charge in [-0.2, -0.15) is 13.2 Å². The fraction of sp³-hybridized carbons (Fsp3) is 0.333. The number of para-hydroxylation sites is 2. The molecule has 160 valence electrons. The Labute approximate surface area is 177 Å². The van der Waals surface area contributed by atoms with E-state index in [1.807, 2.05) is 30.5 Å². The van der Waals surface area contributed by atoms with E-state index in [0.29, 0.717) is 11.4 Å². The number of thioether (sulfide) groups is 1. The van der Waals surface area contributed by atoms with Crippen molar-refractivity contribution in [3.63, 3.8) is 0 Å². The molecule has 5 nitrogen and oxygen atoms in total. The highest BCUT2D eigenvalue weighted by molar-refractivity contribution is 7.98. The maximum Gasteiger partial charge on any atom is 0.409 e. The van der Waals surface area contributed by atoms with E-state index in [1.165, 1.54) is 12.1 Å². The van der Waals surface area contributed by atoms with Crippen LogP contribution in [0.4, 0.5) is 24.5 Å². The van der Waals surface area contributed by atoms with Gasteiger partial charge in [-0.05, 0) is 43.1 Å². The number of rotatable bonds is 5. The van der Waals surface area contributed by atoms with E-state index in [2.05, 4.69) is 5.32 Å². The summed E-state index contributed by atoms with van der Waals surface area (Å²) in [6, 6.07) is 11.6. The molecular formula is C21H22F3N3O2S. The van der Waals surface area contributed by atoms with Crippen molar-refractivity contribution in [3.8, 4) is 0 Å². The number of anilines is 2. The molecule has 30 heavy (non-hydrogen) atoms. The van der Waals surface area contributed by atoms with Gasteiger partial charge < -0.3 is 5.32 Å². The zero-order valence-corrected chi connectivity index (χ0v) is 17.4. The third-order valence-electron chi connectivity index (χ3n) is 4.79.